The van der Waals surface area contributed by atoms with Gasteiger partial charge in [-0.2, -0.15) is 0 Å². The molecule has 0 aliphatic heterocycles. The third-order valence-corrected chi connectivity index (χ3v) is 3.39. The van der Waals surface area contributed by atoms with Gasteiger partial charge in [0.1, 0.15) is 23.9 Å². The van der Waals surface area contributed by atoms with Crippen molar-refractivity contribution in [3.8, 4) is 0 Å². The molecule has 1 aliphatic rings. The Morgan fingerprint density at radius 2 is 2.10 bits per heavy atom. The van der Waals surface area contributed by atoms with Crippen LogP contribution < -0.4 is 5.73 Å². The molecule has 1 fully saturated rings. The molecule has 0 spiro atoms. The summed E-state index contributed by atoms with van der Waals surface area (Å²) in [6.07, 6.45) is 3.68. The summed E-state index contributed by atoms with van der Waals surface area (Å²) in [7, 11) is 0. The molecule has 0 bridgehead atoms. The van der Waals surface area contributed by atoms with Gasteiger partial charge < -0.3 is 15.0 Å². The minimum absolute atomic E-state index is 0.000787. The lowest BCUT2D eigenvalue weighted by atomic mass is 10.2. The maximum absolute atomic E-state index is 13.5. The van der Waals surface area contributed by atoms with Crippen molar-refractivity contribution >= 4 is 11.7 Å². The van der Waals surface area contributed by atoms with Gasteiger partial charge in [-0.3, -0.25) is 0 Å². The largest absolute Gasteiger partial charge is 0.456 e. The van der Waals surface area contributed by atoms with Crippen molar-refractivity contribution < 1.29 is 18.3 Å². The molecule has 1 aromatic carbocycles. The number of esters is 1. The van der Waals surface area contributed by atoms with Crippen LogP contribution in [-0.2, 0) is 11.3 Å². The van der Waals surface area contributed by atoms with Gasteiger partial charge in [0.05, 0.1) is 5.69 Å². The standard InChI is InChI=1S/C15H14F2N2O2/c16-10-1-4-13(17)9(5-10)8-21-15(20)14-6-11(18)7-19(14)12-2-3-12/h1,4-7,12H,2-3,8,18H2. The lowest BCUT2D eigenvalue weighted by molar-refractivity contribution is 0.0455. The third-order valence-electron chi connectivity index (χ3n) is 3.39. The first-order chi connectivity index (χ1) is 10.0. The van der Waals surface area contributed by atoms with Crippen molar-refractivity contribution in [1.29, 1.82) is 0 Å². The number of nitrogens with zero attached hydrogens (tertiary/aromatic N) is 1. The highest BCUT2D eigenvalue weighted by Gasteiger charge is 2.28. The van der Waals surface area contributed by atoms with Crippen LogP contribution in [0, 0.1) is 11.6 Å². The first kappa shape index (κ1) is 13.6. The number of benzene rings is 1. The van der Waals surface area contributed by atoms with Crippen LogP contribution in [0.4, 0.5) is 14.5 Å². The second-order valence-electron chi connectivity index (χ2n) is 5.11. The molecule has 110 valence electrons. The molecule has 3 rings (SSSR count). The summed E-state index contributed by atoms with van der Waals surface area (Å²) in [6.45, 7) is -0.321. The van der Waals surface area contributed by atoms with E-state index >= 15 is 0 Å². The van der Waals surface area contributed by atoms with Crippen molar-refractivity contribution in [2.75, 3.05) is 5.73 Å². The fourth-order valence-corrected chi connectivity index (χ4v) is 2.19. The van der Waals surface area contributed by atoms with E-state index in [0.717, 1.165) is 31.0 Å². The molecule has 1 aromatic heterocycles. The summed E-state index contributed by atoms with van der Waals surface area (Å²) in [4.78, 5) is 12.1. The van der Waals surface area contributed by atoms with Crippen molar-refractivity contribution in [1.82, 2.24) is 4.57 Å². The summed E-state index contributed by atoms with van der Waals surface area (Å²) in [5.41, 5.74) is 6.51. The second-order valence-corrected chi connectivity index (χ2v) is 5.11. The van der Waals surface area contributed by atoms with Crippen LogP contribution in [0.3, 0.4) is 0 Å². The second kappa shape index (κ2) is 5.20. The van der Waals surface area contributed by atoms with E-state index in [1.807, 2.05) is 0 Å². The number of hydrogen-bond acceptors (Lipinski definition) is 3. The Hall–Kier alpha value is -2.37. The smallest absolute Gasteiger partial charge is 0.355 e. The van der Waals surface area contributed by atoms with Crippen molar-refractivity contribution in [3.63, 3.8) is 0 Å². The number of hydrogen-bond donors (Lipinski definition) is 1. The van der Waals surface area contributed by atoms with Crippen LogP contribution >= 0.6 is 0 Å². The number of halogens is 2. The van der Waals surface area contributed by atoms with E-state index < -0.39 is 17.6 Å². The highest BCUT2D eigenvalue weighted by Crippen LogP contribution is 2.37. The quantitative estimate of drug-likeness (QED) is 0.881. The summed E-state index contributed by atoms with van der Waals surface area (Å²) >= 11 is 0. The van der Waals surface area contributed by atoms with Crippen molar-refractivity contribution in [3.05, 3.63) is 53.4 Å². The minimum Gasteiger partial charge on any atom is -0.456 e. The lowest BCUT2D eigenvalue weighted by Crippen LogP contribution is -2.11. The van der Waals surface area contributed by atoms with Crippen LogP contribution in [0.15, 0.2) is 30.5 Å². The zero-order valence-corrected chi connectivity index (χ0v) is 11.2. The van der Waals surface area contributed by atoms with Gasteiger partial charge in [-0.15, -0.1) is 0 Å². The van der Waals surface area contributed by atoms with Crippen LogP contribution in [0.1, 0.15) is 34.9 Å². The number of anilines is 1. The van der Waals surface area contributed by atoms with Gasteiger partial charge in [-0.1, -0.05) is 0 Å². The number of rotatable bonds is 4. The molecule has 1 heterocycles. The molecule has 6 heteroatoms. The van der Waals surface area contributed by atoms with Gasteiger partial charge in [-0.05, 0) is 37.1 Å². The Bertz CT molecular complexity index is 693. The van der Waals surface area contributed by atoms with E-state index in [9.17, 15) is 13.6 Å². The third kappa shape index (κ3) is 2.89. The molecule has 4 nitrogen and oxygen atoms in total. The fourth-order valence-electron chi connectivity index (χ4n) is 2.19. The van der Waals surface area contributed by atoms with Gasteiger partial charge in [-0.25, -0.2) is 13.6 Å². The molecule has 0 unspecified atom stereocenters. The van der Waals surface area contributed by atoms with Gasteiger partial charge in [0.15, 0.2) is 0 Å². The number of nitrogen functional groups attached to an aromatic ring is 1. The predicted molar refractivity (Wildman–Crippen MR) is 72.6 cm³/mol. The van der Waals surface area contributed by atoms with Gasteiger partial charge in [0, 0.05) is 17.8 Å². The molecular weight excluding hydrogens is 278 g/mol. The van der Waals surface area contributed by atoms with Crippen molar-refractivity contribution in [2.45, 2.75) is 25.5 Å². The Labute approximate surface area is 120 Å². The molecule has 0 saturated heterocycles. The molecule has 1 saturated carbocycles. The van der Waals surface area contributed by atoms with E-state index in [0.29, 0.717) is 11.4 Å². The number of ether oxygens (including phenoxy) is 1. The van der Waals surface area contributed by atoms with Crippen molar-refractivity contribution in [2.24, 2.45) is 0 Å². The highest BCUT2D eigenvalue weighted by atomic mass is 19.1. The monoisotopic (exact) mass is 292 g/mol. The number of nitrogens with two attached hydrogens (primary N) is 1. The van der Waals surface area contributed by atoms with E-state index in [1.165, 1.54) is 6.07 Å². The SMILES string of the molecule is Nc1cc(C(=O)OCc2cc(F)ccc2F)n(C2CC2)c1. The maximum atomic E-state index is 13.5. The lowest BCUT2D eigenvalue weighted by Gasteiger charge is -2.08. The van der Waals surface area contributed by atoms with Crippen LogP contribution in [0.25, 0.3) is 0 Å². The van der Waals surface area contributed by atoms with E-state index in [1.54, 1.807) is 10.8 Å². The van der Waals surface area contributed by atoms with Gasteiger partial charge in [0.2, 0.25) is 0 Å². The maximum Gasteiger partial charge on any atom is 0.355 e. The fraction of sp³-hybridized carbons (Fsp3) is 0.267. The van der Waals surface area contributed by atoms with E-state index in [2.05, 4.69) is 0 Å². The number of aromatic nitrogens is 1. The summed E-state index contributed by atoms with van der Waals surface area (Å²) in [5, 5.41) is 0. The van der Waals surface area contributed by atoms with E-state index in [4.69, 9.17) is 10.5 Å². The Morgan fingerprint density at radius 3 is 2.81 bits per heavy atom. The van der Waals surface area contributed by atoms with E-state index in [-0.39, 0.29) is 18.2 Å². The van der Waals surface area contributed by atoms with Crippen LogP contribution in [0.5, 0.6) is 0 Å². The number of carbonyl (C=O) groups is 1. The Balaban J connectivity index is 1.73. The van der Waals surface area contributed by atoms with Gasteiger partial charge >= 0.3 is 5.97 Å². The Morgan fingerprint density at radius 1 is 1.33 bits per heavy atom. The molecule has 21 heavy (non-hydrogen) atoms. The highest BCUT2D eigenvalue weighted by molar-refractivity contribution is 5.89. The molecule has 0 amide bonds. The molecule has 2 aromatic rings. The summed E-state index contributed by atoms with van der Waals surface area (Å²) < 4.78 is 33.3. The van der Waals surface area contributed by atoms with Gasteiger partial charge in [0.25, 0.3) is 0 Å². The summed E-state index contributed by atoms with van der Waals surface area (Å²) in [6, 6.07) is 4.83. The number of carbonyl (C=O) groups excluding carboxylic acids is 1. The zero-order chi connectivity index (χ0) is 15.0. The molecule has 1 aliphatic carbocycles. The predicted octanol–water partition coefficient (Wildman–Crippen LogP) is 3.04. The zero-order valence-electron chi connectivity index (χ0n) is 11.2. The molecule has 0 radical (unpaired) electrons. The topological polar surface area (TPSA) is 57.3 Å². The first-order valence-electron chi connectivity index (χ1n) is 6.63. The molecular formula is C15H14F2N2O2. The molecule has 2 N–H and O–H groups in total. The first-order valence-corrected chi connectivity index (χ1v) is 6.63. The average Bonchev–Trinajstić information content (AvgIpc) is 3.22. The summed E-state index contributed by atoms with van der Waals surface area (Å²) in [5.74, 6) is -1.78. The van der Waals surface area contributed by atoms with Crippen LogP contribution in [0.2, 0.25) is 0 Å². The Kier molecular flexibility index (Phi) is 3.37. The molecule has 0 atom stereocenters. The minimum atomic E-state index is -0.610. The normalized spacial score (nSPS) is 14.2. The average molecular weight is 292 g/mol. The van der Waals surface area contributed by atoms with Crippen LogP contribution in [-0.4, -0.2) is 10.5 Å².